The highest BCUT2D eigenvalue weighted by Gasteiger charge is 2.25. The van der Waals surface area contributed by atoms with Crippen LogP contribution >= 0.6 is 0 Å². The van der Waals surface area contributed by atoms with Crippen molar-refractivity contribution in [3.05, 3.63) is 35.9 Å². The molecular weight excluding hydrogens is 236 g/mol. The Balaban J connectivity index is 1.85. The second kappa shape index (κ2) is 7.29. The first-order valence-corrected chi connectivity index (χ1v) is 7.34. The third-order valence-corrected chi connectivity index (χ3v) is 3.73. The lowest BCUT2D eigenvalue weighted by Gasteiger charge is -2.23. The van der Waals surface area contributed by atoms with Crippen LogP contribution in [0.2, 0.25) is 0 Å². The minimum Gasteiger partial charge on any atom is -0.355 e. The molecule has 0 aliphatic carbocycles. The Morgan fingerprint density at radius 1 is 1.37 bits per heavy atom. The van der Waals surface area contributed by atoms with E-state index in [4.69, 9.17) is 0 Å². The Kier molecular flexibility index (Phi) is 5.40. The van der Waals surface area contributed by atoms with Crippen molar-refractivity contribution in [1.29, 1.82) is 0 Å². The summed E-state index contributed by atoms with van der Waals surface area (Å²) in [6.45, 7) is 4.47. The number of carbonyl (C=O) groups excluding carboxylic acids is 1. The van der Waals surface area contributed by atoms with Crippen LogP contribution in [0, 0.1) is 0 Å². The molecule has 1 amide bonds. The fraction of sp³-hybridized carbons (Fsp3) is 0.562. The van der Waals surface area contributed by atoms with Crippen LogP contribution in [-0.2, 0) is 11.2 Å². The van der Waals surface area contributed by atoms with Gasteiger partial charge in [-0.2, -0.15) is 0 Å². The molecule has 1 heterocycles. The first kappa shape index (κ1) is 14.1. The summed E-state index contributed by atoms with van der Waals surface area (Å²) in [4.78, 5) is 14.1. The van der Waals surface area contributed by atoms with Gasteiger partial charge in [0.1, 0.15) is 0 Å². The predicted octanol–water partition coefficient (Wildman–Crippen LogP) is 2.22. The molecule has 19 heavy (non-hydrogen) atoms. The van der Waals surface area contributed by atoms with Gasteiger partial charge in [-0.25, -0.2) is 0 Å². The molecule has 0 aromatic heterocycles. The summed E-state index contributed by atoms with van der Waals surface area (Å²) < 4.78 is 0. The lowest BCUT2D eigenvalue weighted by Crippen LogP contribution is -2.40. The van der Waals surface area contributed by atoms with E-state index in [1.807, 2.05) is 6.07 Å². The van der Waals surface area contributed by atoms with Crippen LogP contribution in [0.3, 0.4) is 0 Å². The number of rotatable bonds is 6. The van der Waals surface area contributed by atoms with E-state index >= 15 is 0 Å². The van der Waals surface area contributed by atoms with Crippen LogP contribution in [-0.4, -0.2) is 36.5 Å². The van der Waals surface area contributed by atoms with Gasteiger partial charge in [0.2, 0.25) is 5.91 Å². The minimum absolute atomic E-state index is 0.168. The summed E-state index contributed by atoms with van der Waals surface area (Å²) in [7, 11) is 0. The number of hydrogen-bond acceptors (Lipinski definition) is 2. The second-order valence-corrected chi connectivity index (χ2v) is 5.31. The van der Waals surface area contributed by atoms with Crippen molar-refractivity contribution < 1.29 is 4.79 Å². The second-order valence-electron chi connectivity index (χ2n) is 5.31. The van der Waals surface area contributed by atoms with Crippen LogP contribution < -0.4 is 5.32 Å². The van der Waals surface area contributed by atoms with Crippen molar-refractivity contribution in [3.8, 4) is 0 Å². The van der Waals surface area contributed by atoms with E-state index in [1.54, 1.807) is 0 Å². The number of carbonyl (C=O) groups is 1. The Hall–Kier alpha value is -1.35. The zero-order valence-corrected chi connectivity index (χ0v) is 11.8. The Bertz CT molecular complexity index is 391. The molecule has 0 saturated carbocycles. The van der Waals surface area contributed by atoms with E-state index in [9.17, 15) is 4.79 Å². The summed E-state index contributed by atoms with van der Waals surface area (Å²) in [6, 6.07) is 11.1. The molecule has 0 spiro atoms. The molecule has 1 aliphatic heterocycles. The molecule has 2 rings (SSSR count). The van der Waals surface area contributed by atoms with Gasteiger partial charge in [-0.1, -0.05) is 37.3 Å². The fourth-order valence-electron chi connectivity index (χ4n) is 2.73. The van der Waals surface area contributed by atoms with Crippen LogP contribution in [0.15, 0.2) is 30.3 Å². The van der Waals surface area contributed by atoms with E-state index < -0.39 is 0 Å². The highest BCUT2D eigenvalue weighted by molar-refractivity contribution is 5.78. The van der Waals surface area contributed by atoms with Crippen molar-refractivity contribution >= 4 is 5.91 Å². The normalized spacial score (nSPS) is 19.5. The highest BCUT2D eigenvalue weighted by Crippen LogP contribution is 2.20. The Morgan fingerprint density at radius 2 is 2.16 bits per heavy atom. The number of nitrogens with zero attached hydrogens (tertiary/aromatic N) is 1. The first-order valence-electron chi connectivity index (χ1n) is 7.34. The quantitative estimate of drug-likeness (QED) is 0.850. The number of hydrogen-bond donors (Lipinski definition) is 1. The number of amides is 1. The van der Waals surface area contributed by atoms with Gasteiger partial charge in [-0.05, 0) is 37.8 Å². The standard InChI is InChI=1S/C16H24N2O/c1-2-10-17-16(19)13-18-11-6-9-15(18)12-14-7-4-3-5-8-14/h3-5,7-8,15H,2,6,9-13H2,1H3,(H,17,19). The Labute approximate surface area is 116 Å². The van der Waals surface area contributed by atoms with Gasteiger partial charge in [0.25, 0.3) is 0 Å². The maximum Gasteiger partial charge on any atom is 0.234 e. The van der Waals surface area contributed by atoms with Crippen molar-refractivity contribution in [2.45, 2.75) is 38.6 Å². The van der Waals surface area contributed by atoms with Gasteiger partial charge in [-0.3, -0.25) is 9.69 Å². The largest absolute Gasteiger partial charge is 0.355 e. The lowest BCUT2D eigenvalue weighted by molar-refractivity contribution is -0.122. The van der Waals surface area contributed by atoms with E-state index in [0.29, 0.717) is 12.6 Å². The zero-order chi connectivity index (χ0) is 13.5. The molecule has 0 bridgehead atoms. The molecule has 1 fully saturated rings. The summed E-state index contributed by atoms with van der Waals surface area (Å²) in [5.74, 6) is 0.168. The van der Waals surface area contributed by atoms with Gasteiger partial charge < -0.3 is 5.32 Å². The van der Waals surface area contributed by atoms with Crippen molar-refractivity contribution in [1.82, 2.24) is 10.2 Å². The molecule has 1 atom stereocenters. The third kappa shape index (κ3) is 4.35. The Morgan fingerprint density at radius 3 is 2.89 bits per heavy atom. The van der Waals surface area contributed by atoms with Gasteiger partial charge >= 0.3 is 0 Å². The number of benzene rings is 1. The SMILES string of the molecule is CCCNC(=O)CN1CCCC1Cc1ccccc1. The molecule has 1 aromatic carbocycles. The van der Waals surface area contributed by atoms with Gasteiger partial charge in [0.05, 0.1) is 6.54 Å². The summed E-state index contributed by atoms with van der Waals surface area (Å²) in [5.41, 5.74) is 1.37. The maximum absolute atomic E-state index is 11.8. The number of likely N-dealkylation sites (tertiary alicyclic amines) is 1. The molecule has 3 heteroatoms. The highest BCUT2D eigenvalue weighted by atomic mass is 16.2. The molecular formula is C16H24N2O. The van der Waals surface area contributed by atoms with E-state index in [2.05, 4.69) is 41.4 Å². The molecule has 1 N–H and O–H groups in total. The molecule has 1 aliphatic rings. The number of nitrogens with one attached hydrogen (secondary N) is 1. The van der Waals surface area contributed by atoms with Crippen LogP contribution in [0.5, 0.6) is 0 Å². The van der Waals surface area contributed by atoms with Crippen LogP contribution in [0.25, 0.3) is 0 Å². The fourth-order valence-corrected chi connectivity index (χ4v) is 2.73. The molecule has 1 saturated heterocycles. The first-order chi connectivity index (χ1) is 9.29. The lowest BCUT2D eigenvalue weighted by atomic mass is 10.0. The molecule has 1 aromatic rings. The van der Waals surface area contributed by atoms with Gasteiger partial charge in [0, 0.05) is 12.6 Å². The van der Waals surface area contributed by atoms with E-state index in [0.717, 1.165) is 25.9 Å². The van der Waals surface area contributed by atoms with Gasteiger partial charge in [-0.15, -0.1) is 0 Å². The zero-order valence-electron chi connectivity index (χ0n) is 11.8. The average Bonchev–Trinajstić information content (AvgIpc) is 2.85. The van der Waals surface area contributed by atoms with Crippen LogP contribution in [0.1, 0.15) is 31.7 Å². The predicted molar refractivity (Wildman–Crippen MR) is 78.0 cm³/mol. The monoisotopic (exact) mass is 260 g/mol. The summed E-state index contributed by atoms with van der Waals surface area (Å²) >= 11 is 0. The van der Waals surface area contributed by atoms with Gasteiger partial charge in [0.15, 0.2) is 0 Å². The molecule has 104 valence electrons. The van der Waals surface area contributed by atoms with E-state index in [1.165, 1.54) is 18.4 Å². The van der Waals surface area contributed by atoms with Crippen LogP contribution in [0.4, 0.5) is 0 Å². The summed E-state index contributed by atoms with van der Waals surface area (Å²) in [5, 5.41) is 2.96. The van der Waals surface area contributed by atoms with Crippen molar-refractivity contribution in [2.24, 2.45) is 0 Å². The molecule has 1 unspecified atom stereocenters. The van der Waals surface area contributed by atoms with Crippen molar-refractivity contribution in [2.75, 3.05) is 19.6 Å². The molecule has 3 nitrogen and oxygen atoms in total. The summed E-state index contributed by atoms with van der Waals surface area (Å²) in [6.07, 6.45) is 4.47. The maximum atomic E-state index is 11.8. The van der Waals surface area contributed by atoms with E-state index in [-0.39, 0.29) is 5.91 Å². The third-order valence-electron chi connectivity index (χ3n) is 3.73. The topological polar surface area (TPSA) is 32.3 Å². The minimum atomic E-state index is 0.168. The average molecular weight is 260 g/mol. The smallest absolute Gasteiger partial charge is 0.234 e. The van der Waals surface area contributed by atoms with Crippen molar-refractivity contribution in [3.63, 3.8) is 0 Å². The molecule has 0 radical (unpaired) electrons.